The molecule has 3 aromatic carbocycles. The molecule has 20 nitrogen and oxygen atoms in total. The highest BCUT2D eigenvalue weighted by atomic mass is 19.1. The summed E-state index contributed by atoms with van der Waals surface area (Å²) in [7, 11) is 0. The molecule has 86 heavy (non-hydrogen) atoms. The summed E-state index contributed by atoms with van der Waals surface area (Å²) in [5.74, 6) is -3.26. The van der Waals surface area contributed by atoms with Crippen LogP contribution in [0.2, 0.25) is 0 Å². The number of imide groups is 2. The van der Waals surface area contributed by atoms with Crippen LogP contribution in [-0.4, -0.2) is 158 Å². The Morgan fingerprint density at radius 1 is 0.756 bits per heavy atom. The molecule has 6 fully saturated rings. The van der Waals surface area contributed by atoms with Gasteiger partial charge in [0.25, 0.3) is 17.7 Å². The highest BCUT2D eigenvalue weighted by Crippen LogP contribution is 2.53. The van der Waals surface area contributed by atoms with E-state index in [1.807, 2.05) is 59.1 Å². The molecular formula is C65H75FN12O8. The lowest BCUT2D eigenvalue weighted by molar-refractivity contribution is -0.140. The van der Waals surface area contributed by atoms with Crippen molar-refractivity contribution >= 4 is 81.2 Å². The van der Waals surface area contributed by atoms with Gasteiger partial charge in [-0.25, -0.2) is 14.4 Å². The van der Waals surface area contributed by atoms with Gasteiger partial charge in [0.2, 0.25) is 29.5 Å². The van der Waals surface area contributed by atoms with Crippen LogP contribution in [0.3, 0.4) is 0 Å². The summed E-state index contributed by atoms with van der Waals surface area (Å²) in [5, 5.41) is 8.44. The first kappa shape index (κ1) is 57.0. The van der Waals surface area contributed by atoms with E-state index in [1.54, 1.807) is 31.5 Å². The molecule has 1 spiro atoms. The van der Waals surface area contributed by atoms with Crippen LogP contribution in [0.5, 0.6) is 0 Å². The third-order valence-corrected chi connectivity index (χ3v) is 19.8. The summed E-state index contributed by atoms with van der Waals surface area (Å²) in [6.07, 6.45) is 9.71. The van der Waals surface area contributed by atoms with Crippen molar-refractivity contribution < 1.29 is 42.7 Å². The van der Waals surface area contributed by atoms with E-state index in [4.69, 9.17) is 9.97 Å². The molecule has 450 valence electrons. The molecule has 13 rings (SSSR count). The Hall–Kier alpha value is -8.07. The molecule has 5 saturated heterocycles. The number of aromatic nitrogens is 3. The van der Waals surface area contributed by atoms with Crippen molar-refractivity contribution in [1.82, 2.24) is 44.8 Å². The Kier molecular flexibility index (Phi) is 14.8. The van der Waals surface area contributed by atoms with Gasteiger partial charge in [-0.15, -0.1) is 0 Å². The van der Waals surface area contributed by atoms with Crippen LogP contribution in [0, 0.1) is 24.6 Å². The molecule has 7 aliphatic heterocycles. The second kappa shape index (κ2) is 22.3. The number of carbonyl (C=O) groups is 8. The normalized spacial score (nSPS) is 23.4. The molecule has 2 atom stereocenters. The molecule has 8 aliphatic rings. The van der Waals surface area contributed by atoms with Crippen molar-refractivity contribution in [3.8, 4) is 11.3 Å². The zero-order chi connectivity index (χ0) is 60.0. The van der Waals surface area contributed by atoms with Crippen molar-refractivity contribution in [2.45, 2.75) is 147 Å². The molecule has 2 unspecified atom stereocenters. The predicted molar refractivity (Wildman–Crippen MR) is 320 cm³/mol. The molecule has 21 heteroatoms. The van der Waals surface area contributed by atoms with E-state index in [1.165, 1.54) is 31.4 Å². The molecule has 1 aliphatic carbocycles. The number of carbonyl (C=O) groups excluding carboxylic acids is 8. The average Bonchev–Trinajstić information content (AvgIpc) is 1.61. The van der Waals surface area contributed by atoms with Gasteiger partial charge in [0.05, 0.1) is 51.4 Å². The quantitative estimate of drug-likeness (QED) is 0.104. The van der Waals surface area contributed by atoms with E-state index >= 15 is 9.18 Å². The number of anilines is 4. The van der Waals surface area contributed by atoms with Gasteiger partial charge in [-0.05, 0) is 159 Å². The Labute approximate surface area is 499 Å². The SMILES string of the molecule is Cc1cc(F)c(Nc2nc(-c3ccc4c(c3)N(C3CC(N5CCCCC5)C3)C(=O)C43CCN(C(=O)C4CCN(C(=O)C5CCN(c6cccc7c6C(=O)N(C6CCC(=O)NC6=O)C7=O)CC5)C4)CC3)cc3ncn(C(C)C)c23)cc1C(=O)NC(C)C. The molecular weight excluding hydrogens is 1100 g/mol. The van der Waals surface area contributed by atoms with Crippen molar-refractivity contribution in [3.05, 3.63) is 94.6 Å². The fourth-order valence-corrected chi connectivity index (χ4v) is 15.0. The van der Waals surface area contributed by atoms with Gasteiger partial charge >= 0.3 is 0 Å². The lowest BCUT2D eigenvalue weighted by Crippen LogP contribution is -2.58. The van der Waals surface area contributed by atoms with E-state index in [0.717, 1.165) is 47.6 Å². The van der Waals surface area contributed by atoms with E-state index in [2.05, 4.69) is 37.9 Å². The second-order valence-electron chi connectivity index (χ2n) is 25.7. The highest BCUT2D eigenvalue weighted by molar-refractivity contribution is 6.25. The first-order chi connectivity index (χ1) is 41.4. The third-order valence-electron chi connectivity index (χ3n) is 19.8. The van der Waals surface area contributed by atoms with E-state index < -0.39 is 40.9 Å². The number of hydrogen-bond acceptors (Lipinski definition) is 13. The number of amides is 8. The fraction of sp³-hybridized carbons (Fsp3) is 0.508. The number of aryl methyl sites for hydroxylation is 1. The first-order valence-electron chi connectivity index (χ1n) is 31.0. The minimum Gasteiger partial charge on any atom is -0.371 e. The Balaban J connectivity index is 0.706. The number of imidazole rings is 1. The monoisotopic (exact) mass is 1170 g/mol. The van der Waals surface area contributed by atoms with Crippen molar-refractivity contribution in [1.29, 1.82) is 0 Å². The van der Waals surface area contributed by atoms with Crippen LogP contribution in [0.4, 0.5) is 27.3 Å². The molecule has 0 bridgehead atoms. The molecule has 8 amide bonds. The summed E-state index contributed by atoms with van der Waals surface area (Å²) < 4.78 is 18.0. The summed E-state index contributed by atoms with van der Waals surface area (Å²) in [4.78, 5) is 131. The van der Waals surface area contributed by atoms with Gasteiger partial charge in [0, 0.05) is 92.6 Å². The largest absolute Gasteiger partial charge is 0.371 e. The molecule has 0 radical (unpaired) electrons. The first-order valence-corrected chi connectivity index (χ1v) is 31.0. The van der Waals surface area contributed by atoms with E-state index in [9.17, 15) is 33.6 Å². The average molecular weight is 1170 g/mol. The van der Waals surface area contributed by atoms with Gasteiger partial charge in [-0.3, -0.25) is 48.6 Å². The van der Waals surface area contributed by atoms with Gasteiger partial charge in [-0.1, -0.05) is 24.6 Å². The second-order valence-corrected chi connectivity index (χ2v) is 25.7. The van der Waals surface area contributed by atoms with Crippen LogP contribution < -0.4 is 25.8 Å². The summed E-state index contributed by atoms with van der Waals surface area (Å²) in [6, 6.07) is 15.3. The van der Waals surface area contributed by atoms with Crippen molar-refractivity contribution in [2.75, 3.05) is 67.5 Å². The van der Waals surface area contributed by atoms with Gasteiger partial charge in [0.15, 0.2) is 5.82 Å². The third kappa shape index (κ3) is 9.86. The molecule has 5 aromatic rings. The minimum atomic E-state index is -1.07. The number of piperidine rings is 4. The minimum absolute atomic E-state index is 0.000984. The van der Waals surface area contributed by atoms with Crippen LogP contribution in [0.1, 0.15) is 153 Å². The summed E-state index contributed by atoms with van der Waals surface area (Å²) in [6.45, 7) is 14.2. The van der Waals surface area contributed by atoms with Crippen molar-refractivity contribution in [2.24, 2.45) is 11.8 Å². The fourth-order valence-electron chi connectivity index (χ4n) is 15.0. The van der Waals surface area contributed by atoms with Gasteiger partial charge in [0.1, 0.15) is 17.4 Å². The molecule has 2 aromatic heterocycles. The maximum atomic E-state index is 16.0. The predicted octanol–water partition coefficient (Wildman–Crippen LogP) is 7.40. The maximum absolute atomic E-state index is 16.0. The van der Waals surface area contributed by atoms with Gasteiger partial charge < -0.3 is 39.7 Å². The number of nitrogens with zero attached hydrogens (tertiary/aromatic N) is 9. The lowest BCUT2D eigenvalue weighted by atomic mass is 9.73. The van der Waals surface area contributed by atoms with E-state index in [0.29, 0.717) is 117 Å². The molecule has 9 heterocycles. The zero-order valence-electron chi connectivity index (χ0n) is 49.6. The Morgan fingerprint density at radius 3 is 2.21 bits per heavy atom. The summed E-state index contributed by atoms with van der Waals surface area (Å²) >= 11 is 0. The number of hydrogen-bond donors (Lipinski definition) is 3. The number of benzene rings is 3. The number of nitrogens with one attached hydrogen (secondary N) is 3. The summed E-state index contributed by atoms with van der Waals surface area (Å²) in [5.41, 5.74) is 5.62. The van der Waals surface area contributed by atoms with E-state index in [-0.39, 0.29) is 83.2 Å². The number of fused-ring (bicyclic) bond motifs is 4. The standard InChI is InChI=1S/C65H75FN12O8/c1-36(2)68-58(80)45-32-49(47(66)28-38(45)5)70-57-56-50(67-35-76(56)37(3)4)33-48(69-57)40-12-13-46-53(29-40)77(43-30-42(31-43)72-21-7-6-8-22-72)64(86)65(46)19-26-74(27-20-65)61(83)41-18-25-75(34-41)60(82)39-16-23-73(24-17-39)51-11-9-10-44-55(51)63(85)78(62(44)84)52-14-15-54(79)71-59(52)81/h9-13,28-29,32-33,35-37,39,41-43,52H,6-8,14-27,30-31,34H2,1-5H3,(H,68,80)(H,69,70)(H,71,79,81). The van der Waals surface area contributed by atoms with Crippen LogP contribution >= 0.6 is 0 Å². The smallest absolute Gasteiger partial charge is 0.264 e. The van der Waals surface area contributed by atoms with Gasteiger partial charge in [-0.2, -0.15) is 0 Å². The highest BCUT2D eigenvalue weighted by Gasteiger charge is 2.56. The Bertz CT molecular complexity index is 3650. The molecule has 3 N–H and O–H groups in total. The number of halogens is 1. The maximum Gasteiger partial charge on any atom is 0.264 e. The van der Waals surface area contributed by atoms with Crippen LogP contribution in [0.25, 0.3) is 22.3 Å². The van der Waals surface area contributed by atoms with Crippen LogP contribution in [0.15, 0.2) is 60.9 Å². The van der Waals surface area contributed by atoms with Crippen molar-refractivity contribution in [3.63, 3.8) is 0 Å². The Morgan fingerprint density at radius 2 is 1.49 bits per heavy atom. The zero-order valence-corrected chi connectivity index (χ0v) is 49.6. The topological polar surface area (TPSA) is 223 Å². The van der Waals surface area contributed by atoms with Crippen LogP contribution in [-0.2, 0) is 29.4 Å². The number of rotatable bonds is 12. The number of likely N-dealkylation sites (tertiary alicyclic amines) is 3. The lowest BCUT2D eigenvalue weighted by Gasteiger charge is -2.48. The number of pyridine rings is 1. The molecule has 1 saturated carbocycles.